The van der Waals surface area contributed by atoms with Gasteiger partial charge in [-0.1, -0.05) is 0 Å². The molecule has 8 nitrogen and oxygen atoms in total. The molecule has 5 heterocycles. The number of carbonyl (C=O) groups excluding carboxylic acids is 1. The van der Waals surface area contributed by atoms with E-state index in [4.69, 9.17) is 4.74 Å². The summed E-state index contributed by atoms with van der Waals surface area (Å²) in [6, 6.07) is 3.84. The smallest absolute Gasteiger partial charge is 0.231 e. The maximum atomic E-state index is 12.3. The van der Waals surface area contributed by atoms with Gasteiger partial charge in [0.15, 0.2) is 11.5 Å². The fourth-order valence-electron chi connectivity index (χ4n) is 3.71. The van der Waals surface area contributed by atoms with Gasteiger partial charge in [-0.2, -0.15) is 4.52 Å². The monoisotopic (exact) mass is 330 g/mol. The van der Waals surface area contributed by atoms with Crippen molar-refractivity contribution in [1.29, 1.82) is 0 Å². The van der Waals surface area contributed by atoms with Crippen LogP contribution in [0.5, 0.6) is 5.88 Å². The summed E-state index contributed by atoms with van der Waals surface area (Å²) in [5.41, 5.74) is 0.656. The quantitative estimate of drug-likeness (QED) is 0.847. The van der Waals surface area contributed by atoms with E-state index in [9.17, 15) is 4.79 Å². The van der Waals surface area contributed by atoms with Crippen molar-refractivity contribution in [2.24, 2.45) is 5.92 Å². The summed E-state index contributed by atoms with van der Waals surface area (Å²) >= 11 is 0. The number of carbonyl (C=O) groups is 1. The number of methoxy groups -OCH3 is 1. The van der Waals surface area contributed by atoms with E-state index in [0.29, 0.717) is 42.2 Å². The average Bonchev–Trinajstić information content (AvgIpc) is 3.03. The Hall–Kier alpha value is -2.22. The minimum atomic E-state index is 0.0772. The van der Waals surface area contributed by atoms with Gasteiger partial charge in [-0.15, -0.1) is 15.3 Å². The van der Waals surface area contributed by atoms with Gasteiger partial charge in [-0.05, 0) is 37.9 Å². The zero-order valence-electron chi connectivity index (χ0n) is 13.8. The summed E-state index contributed by atoms with van der Waals surface area (Å²) in [7, 11) is 1.57. The third-order valence-corrected chi connectivity index (χ3v) is 5.09. The molecule has 0 aromatic carbocycles. The number of aryl methyl sites for hydroxylation is 1. The molecule has 24 heavy (non-hydrogen) atoms. The molecule has 1 atom stereocenters. The number of piperidine rings is 3. The summed E-state index contributed by atoms with van der Waals surface area (Å²) in [6.07, 6.45) is 3.30. The summed E-state index contributed by atoms with van der Waals surface area (Å²) in [6.45, 7) is 3.34. The molecule has 1 N–H and O–H groups in total. The fourth-order valence-corrected chi connectivity index (χ4v) is 3.71. The van der Waals surface area contributed by atoms with E-state index in [1.807, 2.05) is 0 Å². The number of hydrogen-bond donors (Lipinski definition) is 1. The molecule has 128 valence electrons. The number of amides is 1. The molecule has 2 bridgehead atoms. The van der Waals surface area contributed by atoms with Crippen molar-refractivity contribution in [1.82, 2.24) is 30.0 Å². The number of nitrogens with one attached hydrogen (secondary N) is 1. The van der Waals surface area contributed by atoms with E-state index in [1.54, 1.807) is 23.8 Å². The molecule has 3 aliphatic rings. The molecule has 0 saturated carbocycles. The number of ether oxygens (including phenoxy) is 1. The van der Waals surface area contributed by atoms with Crippen molar-refractivity contribution in [2.45, 2.75) is 31.7 Å². The van der Waals surface area contributed by atoms with Crippen LogP contribution in [0, 0.1) is 5.92 Å². The Morgan fingerprint density at radius 1 is 1.33 bits per heavy atom. The molecule has 0 spiro atoms. The van der Waals surface area contributed by atoms with Gasteiger partial charge in [0.05, 0.1) is 7.11 Å². The van der Waals surface area contributed by atoms with Crippen LogP contribution < -0.4 is 10.1 Å². The van der Waals surface area contributed by atoms with Gasteiger partial charge >= 0.3 is 0 Å². The molecule has 3 saturated heterocycles. The lowest BCUT2D eigenvalue weighted by atomic mass is 9.84. The summed E-state index contributed by atoms with van der Waals surface area (Å²) < 4.78 is 6.77. The van der Waals surface area contributed by atoms with E-state index in [0.717, 1.165) is 6.54 Å². The number of fused-ring (bicyclic) bond motifs is 4. The Labute approximate surface area is 140 Å². The van der Waals surface area contributed by atoms with Gasteiger partial charge < -0.3 is 15.0 Å². The third-order valence-electron chi connectivity index (χ3n) is 5.09. The number of rotatable bonds is 5. The van der Waals surface area contributed by atoms with Crippen molar-refractivity contribution in [3.05, 3.63) is 18.0 Å². The molecule has 3 fully saturated rings. The largest absolute Gasteiger partial charge is 0.480 e. The molecule has 0 radical (unpaired) electrons. The van der Waals surface area contributed by atoms with Crippen molar-refractivity contribution < 1.29 is 9.53 Å². The Kier molecular flexibility index (Phi) is 4.05. The Morgan fingerprint density at radius 2 is 2.17 bits per heavy atom. The van der Waals surface area contributed by atoms with Crippen molar-refractivity contribution in [3.8, 4) is 5.88 Å². The first-order valence-corrected chi connectivity index (χ1v) is 8.50. The van der Waals surface area contributed by atoms with Crippen LogP contribution in [0.4, 0.5) is 0 Å². The van der Waals surface area contributed by atoms with Gasteiger partial charge in [-0.25, -0.2) is 0 Å². The van der Waals surface area contributed by atoms with E-state index in [2.05, 4.69) is 25.5 Å². The van der Waals surface area contributed by atoms with Crippen LogP contribution in [0.15, 0.2) is 12.1 Å². The topological polar surface area (TPSA) is 84.6 Å². The molecule has 0 unspecified atom stereocenters. The molecule has 0 aliphatic carbocycles. The lowest BCUT2D eigenvalue weighted by Crippen LogP contribution is -2.57. The predicted octanol–water partition coefficient (Wildman–Crippen LogP) is 0.276. The van der Waals surface area contributed by atoms with Crippen LogP contribution in [0.1, 0.15) is 25.1 Å². The molecular weight excluding hydrogens is 308 g/mol. The SMILES string of the molecule is COc1ccc2nnc(CCC(=O)N[C@@H]3CN4CCC3CC4)n2n1. The first-order valence-electron chi connectivity index (χ1n) is 8.50. The van der Waals surface area contributed by atoms with Crippen LogP contribution in [-0.2, 0) is 11.2 Å². The minimum absolute atomic E-state index is 0.0772. The van der Waals surface area contributed by atoms with Crippen LogP contribution in [-0.4, -0.2) is 63.4 Å². The van der Waals surface area contributed by atoms with E-state index in [1.165, 1.54) is 25.9 Å². The highest BCUT2D eigenvalue weighted by Crippen LogP contribution is 2.27. The second-order valence-corrected chi connectivity index (χ2v) is 6.57. The van der Waals surface area contributed by atoms with Gasteiger partial charge in [0, 0.05) is 31.5 Å². The zero-order valence-corrected chi connectivity index (χ0v) is 13.8. The van der Waals surface area contributed by atoms with Crippen LogP contribution in [0.2, 0.25) is 0 Å². The maximum absolute atomic E-state index is 12.3. The molecule has 2 aromatic heterocycles. The number of nitrogens with zero attached hydrogens (tertiary/aromatic N) is 5. The number of hydrogen-bond acceptors (Lipinski definition) is 6. The Bertz CT molecular complexity index is 737. The number of aromatic nitrogens is 4. The predicted molar refractivity (Wildman–Crippen MR) is 86.7 cm³/mol. The fraction of sp³-hybridized carbons (Fsp3) is 0.625. The second-order valence-electron chi connectivity index (χ2n) is 6.57. The highest BCUT2D eigenvalue weighted by Gasteiger charge is 2.34. The minimum Gasteiger partial charge on any atom is -0.480 e. The van der Waals surface area contributed by atoms with Crippen molar-refractivity contribution in [3.63, 3.8) is 0 Å². The third kappa shape index (κ3) is 2.93. The van der Waals surface area contributed by atoms with Gasteiger partial charge in [0.25, 0.3) is 0 Å². The van der Waals surface area contributed by atoms with Gasteiger partial charge in [0.1, 0.15) is 0 Å². The first-order chi connectivity index (χ1) is 11.7. The summed E-state index contributed by atoms with van der Waals surface area (Å²) in [5.74, 6) is 1.89. The van der Waals surface area contributed by atoms with Gasteiger partial charge in [0.2, 0.25) is 11.8 Å². The van der Waals surface area contributed by atoms with Crippen molar-refractivity contribution in [2.75, 3.05) is 26.7 Å². The van der Waals surface area contributed by atoms with E-state index < -0.39 is 0 Å². The van der Waals surface area contributed by atoms with Crippen LogP contribution in [0.3, 0.4) is 0 Å². The normalized spacial score (nSPS) is 25.8. The summed E-state index contributed by atoms with van der Waals surface area (Å²) in [4.78, 5) is 14.7. The lowest BCUT2D eigenvalue weighted by molar-refractivity contribution is -0.123. The molecule has 3 aliphatic heterocycles. The summed E-state index contributed by atoms with van der Waals surface area (Å²) in [5, 5.41) is 15.7. The highest BCUT2D eigenvalue weighted by atomic mass is 16.5. The zero-order chi connectivity index (χ0) is 16.5. The lowest BCUT2D eigenvalue weighted by Gasteiger charge is -2.44. The first kappa shape index (κ1) is 15.3. The second kappa shape index (κ2) is 6.35. The van der Waals surface area contributed by atoms with E-state index in [-0.39, 0.29) is 5.91 Å². The standard InChI is InChI=1S/C16H22N6O2/c1-24-16-5-3-14-19-18-13(22(14)20-16)2-4-15(23)17-12-10-21-8-6-11(12)7-9-21/h3,5,11-12H,2,4,6-10H2,1H3,(H,17,23)/t12-/m1/s1. The average molecular weight is 330 g/mol. The Morgan fingerprint density at radius 3 is 2.88 bits per heavy atom. The van der Waals surface area contributed by atoms with Crippen LogP contribution in [0.25, 0.3) is 5.65 Å². The maximum Gasteiger partial charge on any atom is 0.231 e. The Balaban J connectivity index is 1.37. The van der Waals surface area contributed by atoms with Gasteiger partial charge in [-0.3, -0.25) is 4.79 Å². The van der Waals surface area contributed by atoms with E-state index >= 15 is 0 Å². The molecular formula is C16H22N6O2. The highest BCUT2D eigenvalue weighted by molar-refractivity contribution is 5.76. The molecule has 2 aromatic rings. The molecule has 8 heteroatoms. The van der Waals surface area contributed by atoms with Crippen LogP contribution >= 0.6 is 0 Å². The molecule has 1 amide bonds. The molecule has 5 rings (SSSR count). The van der Waals surface area contributed by atoms with Crippen molar-refractivity contribution >= 4 is 11.6 Å².